The second-order valence-electron chi connectivity index (χ2n) is 9.42. The monoisotopic (exact) mass is 491 g/mol. The van der Waals surface area contributed by atoms with E-state index in [0.717, 1.165) is 53.2 Å². The fourth-order valence-corrected chi connectivity index (χ4v) is 4.90. The fourth-order valence-electron chi connectivity index (χ4n) is 4.90. The predicted molar refractivity (Wildman–Crippen MR) is 136 cm³/mol. The fraction of sp³-hybridized carbons (Fsp3) is 0.310. The van der Waals surface area contributed by atoms with Crippen molar-refractivity contribution < 1.29 is 29.2 Å². The van der Waals surface area contributed by atoms with Crippen molar-refractivity contribution >= 4 is 11.1 Å². The van der Waals surface area contributed by atoms with Crippen molar-refractivity contribution in [1.82, 2.24) is 4.90 Å². The molecule has 36 heavy (non-hydrogen) atoms. The van der Waals surface area contributed by atoms with Gasteiger partial charge in [0.15, 0.2) is 0 Å². The molecule has 0 aliphatic carbocycles. The van der Waals surface area contributed by atoms with Crippen molar-refractivity contribution in [3.05, 3.63) is 82.9 Å². The van der Waals surface area contributed by atoms with Gasteiger partial charge >= 0.3 is 0 Å². The number of aromatic hydroxyl groups is 2. The van der Waals surface area contributed by atoms with E-state index >= 15 is 0 Å². The maximum atomic E-state index is 12.6. The first-order chi connectivity index (χ1) is 17.5. The second-order valence-corrected chi connectivity index (χ2v) is 9.42. The molecule has 0 saturated carbocycles. The van der Waals surface area contributed by atoms with E-state index in [9.17, 15) is 19.7 Å². The van der Waals surface area contributed by atoms with Crippen LogP contribution in [0.5, 0.6) is 23.0 Å². The number of hydrogen-bond donors (Lipinski definition) is 3. The minimum atomic E-state index is -0.450. The Morgan fingerprint density at radius 3 is 2.50 bits per heavy atom. The highest BCUT2D eigenvalue weighted by Crippen LogP contribution is 2.48. The highest BCUT2D eigenvalue weighted by molar-refractivity contribution is 5.96. The first-order valence-electron chi connectivity index (χ1n) is 12.1. The first-order valence-corrected chi connectivity index (χ1v) is 12.1. The third-order valence-corrected chi connectivity index (χ3v) is 6.95. The van der Waals surface area contributed by atoms with Crippen LogP contribution in [0.2, 0.25) is 0 Å². The van der Waals surface area contributed by atoms with E-state index in [1.54, 1.807) is 30.3 Å². The number of likely N-dealkylation sites (tertiary alicyclic amines) is 1. The van der Waals surface area contributed by atoms with Crippen LogP contribution in [0, 0.1) is 5.92 Å². The van der Waals surface area contributed by atoms with E-state index in [1.807, 2.05) is 37.3 Å². The number of halogens is 1. The van der Waals surface area contributed by atoms with Gasteiger partial charge in [-0.15, -0.1) is 0 Å². The molecule has 3 aromatic rings. The summed E-state index contributed by atoms with van der Waals surface area (Å²) in [5.74, 6) is 1.74. The van der Waals surface area contributed by atoms with Crippen LogP contribution in [0.15, 0.2) is 60.7 Å². The van der Waals surface area contributed by atoms with E-state index in [-0.39, 0.29) is 30.7 Å². The third-order valence-electron chi connectivity index (χ3n) is 6.95. The number of aliphatic hydroxyl groups excluding tert-OH is 1. The van der Waals surface area contributed by atoms with Crippen LogP contribution in [-0.2, 0) is 6.61 Å². The van der Waals surface area contributed by atoms with Gasteiger partial charge < -0.3 is 24.8 Å². The third kappa shape index (κ3) is 4.76. The van der Waals surface area contributed by atoms with Crippen LogP contribution in [0.4, 0.5) is 4.39 Å². The van der Waals surface area contributed by atoms with Crippen molar-refractivity contribution in [1.29, 1.82) is 0 Å². The summed E-state index contributed by atoms with van der Waals surface area (Å²) < 4.78 is 24.9. The maximum Gasteiger partial charge on any atom is 0.150 e. The van der Waals surface area contributed by atoms with Gasteiger partial charge in [0.2, 0.25) is 0 Å². The normalized spacial score (nSPS) is 17.9. The lowest BCUT2D eigenvalue weighted by atomic mass is 9.85. The molecule has 0 spiro atoms. The summed E-state index contributed by atoms with van der Waals surface area (Å²) in [6.45, 7) is 4.36. The summed E-state index contributed by atoms with van der Waals surface area (Å²) in [6.07, 6.45) is -0.450. The number of ether oxygens (including phenoxy) is 2. The van der Waals surface area contributed by atoms with Crippen molar-refractivity contribution in [3.8, 4) is 23.0 Å². The zero-order valence-corrected chi connectivity index (χ0v) is 20.2. The standard InChI is InChI=1S/C29H30FNO5/c1-18-25-13-23(33)6-9-27(25)36-29(28(18)21-2-3-22(17-32)26(34)12-21)20-4-7-24(8-5-20)35-11-10-31-15-19(14-30)16-31/h2-9,12-13,19,29,32-34H,10-11,14-17H2,1H3/t29-/m0/s1. The maximum absolute atomic E-state index is 12.6. The molecule has 1 saturated heterocycles. The molecule has 0 unspecified atom stereocenters. The van der Waals surface area contributed by atoms with Gasteiger partial charge in [-0.2, -0.15) is 0 Å². The summed E-state index contributed by atoms with van der Waals surface area (Å²) >= 11 is 0. The Morgan fingerprint density at radius 1 is 1.03 bits per heavy atom. The minimum Gasteiger partial charge on any atom is -0.508 e. The Morgan fingerprint density at radius 2 is 1.81 bits per heavy atom. The second kappa shape index (κ2) is 10.2. The number of nitrogens with zero attached hydrogens (tertiary/aromatic N) is 1. The Bertz CT molecular complexity index is 1270. The molecule has 0 radical (unpaired) electrons. The van der Waals surface area contributed by atoms with Crippen LogP contribution in [0.1, 0.15) is 35.3 Å². The quantitative estimate of drug-likeness (QED) is 0.414. The van der Waals surface area contributed by atoms with Gasteiger partial charge in [-0.05, 0) is 60.0 Å². The van der Waals surface area contributed by atoms with E-state index in [4.69, 9.17) is 9.47 Å². The Balaban J connectivity index is 1.40. The van der Waals surface area contributed by atoms with Crippen molar-refractivity contribution in [2.45, 2.75) is 19.6 Å². The summed E-state index contributed by atoms with van der Waals surface area (Å²) in [7, 11) is 0. The summed E-state index contributed by atoms with van der Waals surface area (Å²) in [5, 5.41) is 29.9. The van der Waals surface area contributed by atoms with E-state index in [2.05, 4.69) is 4.90 Å². The lowest BCUT2D eigenvalue weighted by molar-refractivity contribution is 0.0668. The number of benzene rings is 3. The Kier molecular flexibility index (Phi) is 6.85. The summed E-state index contributed by atoms with van der Waals surface area (Å²) in [5.41, 5.74) is 4.70. The smallest absolute Gasteiger partial charge is 0.150 e. The minimum absolute atomic E-state index is 0.0135. The molecule has 7 heteroatoms. The van der Waals surface area contributed by atoms with Gasteiger partial charge in [0.05, 0.1) is 13.3 Å². The number of hydrogen-bond acceptors (Lipinski definition) is 6. The average molecular weight is 492 g/mol. The molecule has 2 aliphatic heterocycles. The van der Waals surface area contributed by atoms with E-state index in [1.165, 1.54) is 0 Å². The topological polar surface area (TPSA) is 82.4 Å². The number of phenolic OH excluding ortho intramolecular Hbond substituents is 1. The highest BCUT2D eigenvalue weighted by Gasteiger charge is 2.30. The Hall–Kier alpha value is -3.55. The van der Waals surface area contributed by atoms with Crippen LogP contribution in [0.25, 0.3) is 11.1 Å². The summed E-state index contributed by atoms with van der Waals surface area (Å²) in [4.78, 5) is 2.18. The molecule has 2 heterocycles. The molecule has 3 N–H and O–H groups in total. The zero-order valence-electron chi connectivity index (χ0n) is 20.2. The molecular weight excluding hydrogens is 461 g/mol. The van der Waals surface area contributed by atoms with Gasteiger partial charge in [0.1, 0.15) is 35.7 Å². The zero-order chi connectivity index (χ0) is 25.2. The molecule has 5 rings (SSSR count). The van der Waals surface area contributed by atoms with Crippen LogP contribution >= 0.6 is 0 Å². The van der Waals surface area contributed by atoms with Crippen molar-refractivity contribution in [2.75, 3.05) is 32.9 Å². The first kappa shape index (κ1) is 24.2. The number of allylic oxidation sites excluding steroid dienone is 1. The molecule has 0 bridgehead atoms. The Labute approximate surface area is 209 Å². The molecule has 3 aromatic carbocycles. The average Bonchev–Trinajstić information content (AvgIpc) is 2.86. The molecule has 6 nitrogen and oxygen atoms in total. The van der Waals surface area contributed by atoms with Gasteiger partial charge in [0.25, 0.3) is 0 Å². The molecule has 2 aliphatic rings. The van der Waals surface area contributed by atoms with Crippen LogP contribution in [0.3, 0.4) is 0 Å². The van der Waals surface area contributed by atoms with Crippen molar-refractivity contribution in [3.63, 3.8) is 0 Å². The van der Waals surface area contributed by atoms with Gasteiger partial charge in [-0.25, -0.2) is 0 Å². The lowest BCUT2D eigenvalue weighted by Crippen LogP contribution is -2.49. The lowest BCUT2D eigenvalue weighted by Gasteiger charge is -2.37. The number of alkyl halides is 1. The summed E-state index contributed by atoms with van der Waals surface area (Å²) in [6, 6.07) is 18.0. The van der Waals surface area contributed by atoms with Gasteiger partial charge in [0, 0.05) is 42.3 Å². The number of fused-ring (bicyclic) bond motifs is 1. The predicted octanol–water partition coefficient (Wildman–Crippen LogP) is 4.93. The van der Waals surface area contributed by atoms with Gasteiger partial charge in [-0.1, -0.05) is 24.3 Å². The number of aliphatic hydroxyl groups is 1. The number of rotatable bonds is 8. The molecule has 1 fully saturated rings. The van der Waals surface area contributed by atoms with Gasteiger partial charge in [-0.3, -0.25) is 9.29 Å². The number of phenols is 2. The molecule has 188 valence electrons. The molecule has 1 atom stereocenters. The SMILES string of the molecule is CC1=C(c2ccc(CO)c(O)c2)[C@H](c2ccc(OCCN3CC(CF)C3)cc2)Oc2ccc(O)cc21. The molecule has 0 amide bonds. The molecule has 0 aromatic heterocycles. The van der Waals surface area contributed by atoms with E-state index in [0.29, 0.717) is 17.9 Å². The molecular formula is C29H30FNO5. The van der Waals surface area contributed by atoms with Crippen LogP contribution < -0.4 is 9.47 Å². The highest BCUT2D eigenvalue weighted by atomic mass is 19.1. The van der Waals surface area contributed by atoms with Crippen molar-refractivity contribution in [2.24, 2.45) is 5.92 Å². The largest absolute Gasteiger partial charge is 0.508 e. The van der Waals surface area contributed by atoms with E-state index < -0.39 is 6.10 Å². The van der Waals surface area contributed by atoms with Crippen LogP contribution in [-0.4, -0.2) is 53.1 Å².